The molecule has 6 N–H and O–H groups in total. The molecule has 16 heteroatoms. The van der Waals surface area contributed by atoms with Crippen LogP contribution in [0.2, 0.25) is 0 Å². The van der Waals surface area contributed by atoms with Crippen LogP contribution >= 0.6 is 0 Å². The number of aliphatic hydroxyl groups excluding tert-OH is 1. The van der Waals surface area contributed by atoms with Crippen molar-refractivity contribution in [3.8, 4) is 17.3 Å². The number of carbonyl (C=O) groups excluding carboxylic acids is 1. The summed E-state index contributed by atoms with van der Waals surface area (Å²) < 4.78 is 95.3. The lowest BCUT2D eigenvalue weighted by Crippen LogP contribution is -2.45. The largest absolute Gasteiger partial charge is 0.490 e. The number of nitrogens with one attached hydrogen (secondary N) is 1. The summed E-state index contributed by atoms with van der Waals surface area (Å²) in [6.45, 7) is -4.51. The number of aromatic nitrogens is 2. The van der Waals surface area contributed by atoms with Crippen molar-refractivity contribution in [2.75, 3.05) is 12.3 Å². The molecule has 0 spiro atoms. The van der Waals surface area contributed by atoms with Crippen molar-refractivity contribution in [2.45, 2.75) is 43.7 Å². The van der Waals surface area contributed by atoms with Crippen molar-refractivity contribution in [3.63, 3.8) is 0 Å². The predicted molar refractivity (Wildman–Crippen MR) is 117 cm³/mol. The highest BCUT2D eigenvalue weighted by Gasteiger charge is 2.54. The summed E-state index contributed by atoms with van der Waals surface area (Å²) >= 11 is 0. The Kier molecular flexibility index (Phi) is 7.56. The van der Waals surface area contributed by atoms with E-state index < -0.39 is 54.4 Å². The lowest BCUT2D eigenvalue weighted by molar-refractivity contribution is -0.277. The minimum Gasteiger partial charge on any atom is -0.475 e. The predicted octanol–water partition coefficient (Wildman–Crippen LogP) is 2.44. The van der Waals surface area contributed by atoms with Crippen molar-refractivity contribution in [3.05, 3.63) is 41.2 Å². The third kappa shape index (κ3) is 6.66. The first-order valence-electron chi connectivity index (χ1n) is 11.8. The van der Waals surface area contributed by atoms with Gasteiger partial charge in [0.2, 0.25) is 5.60 Å². The van der Waals surface area contributed by atoms with E-state index in [4.69, 9.17) is 25.0 Å². The molecule has 1 aromatic heterocycles. The van der Waals surface area contributed by atoms with Gasteiger partial charge in [-0.05, 0) is 36.9 Å². The molecule has 0 saturated heterocycles. The van der Waals surface area contributed by atoms with Gasteiger partial charge in [0.05, 0.1) is 30.5 Å². The number of anilines is 1. The fourth-order valence-electron chi connectivity index (χ4n) is 3.15. The number of carboxylic acid groups (broad SMARTS) is 1. The van der Waals surface area contributed by atoms with Gasteiger partial charge in [-0.25, -0.2) is 14.8 Å². The van der Waals surface area contributed by atoms with Gasteiger partial charge in [-0.1, -0.05) is 12.1 Å². The van der Waals surface area contributed by atoms with Gasteiger partial charge < -0.3 is 26.4 Å². The Bertz CT molecular complexity index is 1340. The van der Waals surface area contributed by atoms with E-state index in [9.17, 15) is 41.4 Å². The first-order chi connectivity index (χ1) is 18.7. The lowest BCUT2D eigenvalue weighted by Gasteiger charge is -2.31. The number of aliphatic hydroxyl groups is 2. The Morgan fingerprint density at radius 3 is 2.34 bits per heavy atom. The normalized spacial score (nSPS) is 20.1. The molecule has 1 heterocycles. The molecule has 1 aromatic carbocycles. The molecular weight excluding hydrogens is 528 g/mol. The topological polar surface area (TPSA) is 182 Å². The summed E-state index contributed by atoms with van der Waals surface area (Å²) in [5.41, 5.74) is -0.192. The average molecular weight is 552 g/mol. The molecule has 1 aliphatic carbocycles. The molecule has 2 aromatic rings. The molecule has 1 amide bonds. The van der Waals surface area contributed by atoms with Gasteiger partial charge in [0.1, 0.15) is 0 Å². The molecule has 3 rings (SSSR count). The van der Waals surface area contributed by atoms with Gasteiger partial charge in [-0.3, -0.25) is 4.79 Å². The summed E-state index contributed by atoms with van der Waals surface area (Å²) in [5, 5.41) is 38.0. The molecule has 1 aliphatic rings. The van der Waals surface area contributed by atoms with Crippen LogP contribution in [0.25, 0.3) is 11.3 Å². The highest BCUT2D eigenvalue weighted by molar-refractivity contribution is 5.97. The second-order valence-electron chi connectivity index (χ2n) is 8.04. The Morgan fingerprint density at radius 2 is 1.87 bits per heavy atom. The molecule has 0 aliphatic heterocycles. The maximum Gasteiger partial charge on any atom is 0.490 e. The van der Waals surface area contributed by atoms with E-state index >= 15 is 0 Å². The van der Waals surface area contributed by atoms with E-state index in [0.717, 1.165) is 24.4 Å². The fraction of sp³-hybridized carbons (Fsp3) is 0.409. The van der Waals surface area contributed by atoms with E-state index in [1.807, 2.05) is 0 Å². The van der Waals surface area contributed by atoms with Crippen LogP contribution in [0.15, 0.2) is 24.4 Å². The van der Waals surface area contributed by atoms with Crippen molar-refractivity contribution in [1.29, 1.82) is 5.26 Å². The van der Waals surface area contributed by atoms with Crippen molar-refractivity contribution in [2.24, 2.45) is 5.92 Å². The quantitative estimate of drug-likeness (QED) is 0.348. The SMILES string of the molecule is O=C(O)C(F)(F)F.[2H]C([2H])([2H])c1ccc([C@](O)(CO)C(F)(F)F)cc1-c1cnc(N)c(C(=O)NC2CC(C#N)C2)n1. The van der Waals surface area contributed by atoms with Crippen LogP contribution in [0.1, 0.15) is 38.6 Å². The van der Waals surface area contributed by atoms with Crippen LogP contribution in [-0.2, 0) is 10.4 Å². The Balaban J connectivity index is 0.000000745. The Morgan fingerprint density at radius 1 is 1.26 bits per heavy atom. The van der Waals surface area contributed by atoms with Crippen LogP contribution in [0.4, 0.5) is 32.2 Å². The molecule has 1 saturated carbocycles. The number of nitriles is 1. The molecule has 1 atom stereocenters. The van der Waals surface area contributed by atoms with Crippen LogP contribution in [-0.4, -0.2) is 62.2 Å². The maximum absolute atomic E-state index is 13.5. The van der Waals surface area contributed by atoms with E-state index in [2.05, 4.69) is 21.4 Å². The first-order valence-corrected chi connectivity index (χ1v) is 10.3. The van der Waals surface area contributed by atoms with Gasteiger partial charge in [-0.2, -0.15) is 31.6 Å². The number of alkyl halides is 6. The lowest BCUT2D eigenvalue weighted by atomic mass is 9.81. The van der Waals surface area contributed by atoms with E-state index in [0.29, 0.717) is 12.8 Å². The third-order valence-electron chi connectivity index (χ3n) is 5.39. The number of carbonyl (C=O) groups is 2. The summed E-state index contributed by atoms with van der Waals surface area (Å²) in [7, 11) is 0. The average Bonchev–Trinajstić information content (AvgIpc) is 2.83. The van der Waals surface area contributed by atoms with Gasteiger partial charge in [0.15, 0.2) is 11.5 Å². The number of nitrogen functional groups attached to an aromatic ring is 1. The number of halogens is 6. The summed E-state index contributed by atoms with van der Waals surface area (Å²) in [5.74, 6) is -4.00. The monoisotopic (exact) mass is 552 g/mol. The van der Waals surface area contributed by atoms with Gasteiger partial charge in [-0.15, -0.1) is 0 Å². The zero-order valence-corrected chi connectivity index (χ0v) is 18.9. The van der Waals surface area contributed by atoms with Crippen molar-refractivity contribution >= 4 is 17.7 Å². The molecule has 10 nitrogen and oxygen atoms in total. The number of carboxylic acids is 1. The molecule has 0 unspecified atom stereocenters. The molecule has 38 heavy (non-hydrogen) atoms. The zero-order chi connectivity index (χ0) is 31.6. The van der Waals surface area contributed by atoms with E-state index in [1.54, 1.807) is 0 Å². The number of amides is 1. The van der Waals surface area contributed by atoms with Crippen LogP contribution < -0.4 is 11.1 Å². The minimum absolute atomic E-state index is 0.191. The molecule has 0 radical (unpaired) electrons. The minimum atomic E-state index is -5.28. The molecular formula is C22H21F6N5O5. The molecule has 0 bridgehead atoms. The van der Waals surface area contributed by atoms with Gasteiger partial charge in [0.25, 0.3) is 5.91 Å². The number of hydrogen-bond donors (Lipinski definition) is 5. The number of nitrogens with zero attached hydrogens (tertiary/aromatic N) is 3. The standard InChI is InChI=1S/C20H20F3N5O3.C2HF3O2/c1-10-2-3-12(19(31,9-29)20(21,22)23)6-14(10)15-8-26-17(25)16(28-15)18(30)27-13-4-11(5-13)7-24;3-2(4,5)1(6)7/h2-3,6,8,11,13,29,31H,4-5,9H2,1H3,(H2,25,26)(H,27,30);(H,6,7)/t11?,13?,19-;/m1./s1/i1D3;. The smallest absolute Gasteiger partial charge is 0.475 e. The number of hydrogen-bond acceptors (Lipinski definition) is 8. The Hall–Kier alpha value is -3.97. The number of nitrogens with two attached hydrogens (primary N) is 1. The highest BCUT2D eigenvalue weighted by atomic mass is 19.4. The maximum atomic E-state index is 13.5. The third-order valence-corrected chi connectivity index (χ3v) is 5.39. The van der Waals surface area contributed by atoms with Crippen LogP contribution in [0.5, 0.6) is 0 Å². The van der Waals surface area contributed by atoms with Crippen molar-refractivity contribution in [1.82, 2.24) is 15.3 Å². The Labute approximate surface area is 215 Å². The van der Waals surface area contributed by atoms with Gasteiger partial charge >= 0.3 is 18.3 Å². The summed E-state index contributed by atoms with van der Waals surface area (Å²) in [6.07, 6.45) is -8.51. The summed E-state index contributed by atoms with van der Waals surface area (Å²) in [4.78, 5) is 29.4. The second-order valence-corrected chi connectivity index (χ2v) is 8.04. The number of aryl methyl sites for hydroxylation is 1. The number of benzene rings is 1. The van der Waals surface area contributed by atoms with Crippen LogP contribution in [0, 0.1) is 24.1 Å². The molecule has 1 fully saturated rings. The zero-order valence-electron chi connectivity index (χ0n) is 21.9. The van der Waals surface area contributed by atoms with E-state index in [1.165, 1.54) is 0 Å². The fourth-order valence-corrected chi connectivity index (χ4v) is 3.15. The first kappa shape index (κ1) is 25.7. The highest BCUT2D eigenvalue weighted by Crippen LogP contribution is 2.40. The van der Waals surface area contributed by atoms with Gasteiger partial charge in [0, 0.05) is 15.7 Å². The number of rotatable bonds is 5. The second kappa shape index (κ2) is 11.2. The number of aliphatic carboxylic acids is 1. The summed E-state index contributed by atoms with van der Waals surface area (Å²) in [6, 6.07) is 4.11. The van der Waals surface area contributed by atoms with Crippen LogP contribution in [0.3, 0.4) is 0 Å². The molecule has 206 valence electrons. The van der Waals surface area contributed by atoms with E-state index in [-0.39, 0.29) is 34.7 Å². The van der Waals surface area contributed by atoms with Crippen molar-refractivity contribution < 1.29 is 55.4 Å².